The Balaban J connectivity index is -0.000000173. The largest absolute Gasteiger partial charge is 2.00 e. The van der Waals surface area contributed by atoms with Crippen molar-refractivity contribution < 1.29 is 30.1 Å². The van der Waals surface area contributed by atoms with Gasteiger partial charge in [-0.1, -0.05) is 0 Å². The summed E-state index contributed by atoms with van der Waals surface area (Å²) in [4.78, 5) is 9.86. The Kier molecular flexibility index (Phi) is 15.8. The number of aliphatic hydroxyl groups is 1. The van der Waals surface area contributed by atoms with Gasteiger partial charge in [0.1, 0.15) is 6.04 Å². The molecule has 0 rings (SSSR count). The van der Waals surface area contributed by atoms with Gasteiger partial charge in [0, 0.05) is 0 Å². The quantitative estimate of drug-likeness (QED) is 0.340. The average molecular weight is 219 g/mol. The van der Waals surface area contributed by atoms with Crippen molar-refractivity contribution in [2.75, 3.05) is 0 Å². The summed E-state index contributed by atoms with van der Waals surface area (Å²) in [5.74, 6) is -1.18. The van der Waals surface area contributed by atoms with Crippen molar-refractivity contribution in [2.24, 2.45) is 5.73 Å². The Bertz CT molecular complexity index is 131. The molecule has 5 N–H and O–H groups in total. The predicted octanol–water partition coefficient (Wildman–Crippen LogP) is -4.92. The minimum Gasteiger partial charge on any atom is -0.871 e. The molecule has 0 aliphatic rings. The topological polar surface area (TPSA) is 150 Å². The van der Waals surface area contributed by atoms with Gasteiger partial charge in [-0.2, -0.15) is 0 Å². The van der Waals surface area contributed by atoms with Crippen LogP contribution in [-0.2, 0) is 4.79 Å². The van der Waals surface area contributed by atoms with Crippen LogP contribution in [0.1, 0.15) is 6.92 Å². The van der Waals surface area contributed by atoms with Crippen LogP contribution in [0.4, 0.5) is 0 Å². The average Bonchev–Trinajstić information content (AvgIpc) is 1.84. The zero-order valence-electron chi connectivity index (χ0n) is 7.08. The van der Waals surface area contributed by atoms with Crippen molar-refractivity contribution in [1.29, 1.82) is 0 Å². The van der Waals surface area contributed by atoms with Crippen molar-refractivity contribution >= 4 is 51.0 Å². The number of hydrogen-bond acceptors (Lipinski definition) is 6. The van der Waals surface area contributed by atoms with Crippen molar-refractivity contribution in [2.45, 2.75) is 19.1 Å². The Hall–Kier alpha value is 0.595. The van der Waals surface area contributed by atoms with Crippen LogP contribution in [0.3, 0.4) is 0 Å². The van der Waals surface area contributed by atoms with Gasteiger partial charge in [0.25, 0.3) is 0 Å². The molecule has 0 aliphatic carbocycles. The third-order valence-electron chi connectivity index (χ3n) is 0.805. The molecule has 0 fully saturated rings. The van der Waals surface area contributed by atoms with E-state index in [0.29, 0.717) is 0 Å². The molecule has 0 bridgehead atoms. The molecule has 0 aromatic carbocycles. The van der Waals surface area contributed by atoms with Crippen LogP contribution in [0.2, 0.25) is 0 Å². The minimum atomic E-state index is -2.67. The molecule has 0 aromatic rings. The molecule has 7 nitrogen and oxygen atoms in total. The molecule has 0 aromatic heterocycles. The molecule has 0 spiro atoms. The number of nitrogens with two attached hydrogens (primary N) is 1. The fourth-order valence-electron chi connectivity index (χ4n) is 0.206. The molecule has 9 heteroatoms. The van der Waals surface area contributed by atoms with Crippen molar-refractivity contribution in [3.8, 4) is 0 Å². The summed E-state index contributed by atoms with van der Waals surface area (Å²) in [5, 5.41) is 40.6. The number of carboxylic acid groups (broad SMARTS) is 1. The Morgan fingerprint density at radius 1 is 1.54 bits per heavy atom. The zero-order valence-corrected chi connectivity index (χ0v) is 9.29. The van der Waals surface area contributed by atoms with Gasteiger partial charge in [-0.05, 0) is 6.92 Å². The van der Waals surface area contributed by atoms with Gasteiger partial charge in [0.05, 0.1) is 13.4 Å². The Morgan fingerprint density at radius 2 is 1.77 bits per heavy atom. The first kappa shape index (κ1) is 19.2. The first-order chi connectivity index (χ1) is 5.29. The van der Waals surface area contributed by atoms with E-state index in [1.165, 1.54) is 6.92 Å². The van der Waals surface area contributed by atoms with Gasteiger partial charge in [0.2, 0.25) is 0 Å². The summed E-state index contributed by atoms with van der Waals surface area (Å²) in [6, 6.07) is -1.16. The van der Waals surface area contributed by atoms with E-state index < -0.39 is 25.4 Å². The molecule has 13 heavy (non-hydrogen) atoms. The van der Waals surface area contributed by atoms with E-state index in [-0.39, 0.29) is 37.7 Å². The molecule has 0 saturated carbocycles. The van der Waals surface area contributed by atoms with E-state index in [1.807, 2.05) is 0 Å². The number of carboxylic acids is 1. The van der Waals surface area contributed by atoms with Crippen LogP contribution in [0.5, 0.6) is 0 Å². The van der Waals surface area contributed by atoms with Crippen LogP contribution in [0.15, 0.2) is 0 Å². The maximum Gasteiger partial charge on any atom is 2.00 e. The molecule has 0 radical (unpaired) electrons. The minimum absolute atomic E-state index is 0. The third-order valence-corrected chi connectivity index (χ3v) is 0.805. The second-order valence-electron chi connectivity index (χ2n) is 1.91. The van der Waals surface area contributed by atoms with Crippen LogP contribution >= 0.6 is 0 Å². The van der Waals surface area contributed by atoms with Gasteiger partial charge in [-0.15, -0.1) is 0 Å². The first-order valence-corrected chi connectivity index (χ1v) is 2.95. The molecular weight excluding hydrogens is 209 g/mol. The second kappa shape index (κ2) is 10.7. The van der Waals surface area contributed by atoms with E-state index in [4.69, 9.17) is 31.0 Å². The van der Waals surface area contributed by atoms with Crippen molar-refractivity contribution in [1.82, 2.24) is 0 Å². The van der Waals surface area contributed by atoms with Crippen LogP contribution < -0.4 is 15.8 Å². The molecule has 0 amide bonds. The Morgan fingerprint density at radius 3 is 1.77 bits per heavy atom. The molecule has 2 unspecified atom stereocenters. The molecule has 0 saturated heterocycles. The van der Waals surface area contributed by atoms with Gasteiger partial charge in [-0.3, -0.25) is 4.79 Å². The first-order valence-electron chi connectivity index (χ1n) is 2.95. The number of hydrogen-bond donors (Lipinski definition) is 4. The van der Waals surface area contributed by atoms with Crippen LogP contribution in [0, 0.1) is 0 Å². The molecule has 2 atom stereocenters. The van der Waals surface area contributed by atoms with E-state index in [0.717, 1.165) is 0 Å². The maximum atomic E-state index is 9.86. The standard InChI is InChI=1S/C4H9NO3.BHO3.Ca/c1-2(6)3(5)4(7)8;2-1(3)4;/h2-3,6H,5H2,1H3,(H,7,8);2H;/q;-2;+2. The third kappa shape index (κ3) is 19.1. The van der Waals surface area contributed by atoms with E-state index in [1.54, 1.807) is 0 Å². The van der Waals surface area contributed by atoms with Gasteiger partial charge >= 0.3 is 43.7 Å². The normalized spacial score (nSPS) is 12.8. The molecule has 0 heterocycles. The number of aliphatic hydroxyl groups excluding tert-OH is 1. The van der Waals surface area contributed by atoms with Gasteiger partial charge in [0.15, 0.2) is 0 Å². The smallest absolute Gasteiger partial charge is 0.871 e. The summed E-state index contributed by atoms with van der Waals surface area (Å²) in [6.45, 7) is 1.33. The predicted molar refractivity (Wildman–Crippen MR) is 41.0 cm³/mol. The number of rotatable bonds is 2. The maximum absolute atomic E-state index is 9.86. The zero-order chi connectivity index (χ0) is 10.3. The van der Waals surface area contributed by atoms with Crippen LogP contribution in [0.25, 0.3) is 0 Å². The summed E-state index contributed by atoms with van der Waals surface area (Å²) < 4.78 is 0. The molecule has 72 valence electrons. The fourth-order valence-corrected chi connectivity index (χ4v) is 0.206. The number of aliphatic carboxylic acids is 1. The summed E-state index contributed by atoms with van der Waals surface area (Å²) in [7, 11) is -2.67. The Labute approximate surface area is 105 Å². The van der Waals surface area contributed by atoms with Gasteiger partial charge in [-0.25, -0.2) is 0 Å². The monoisotopic (exact) mass is 219 g/mol. The molecular formula is C4H10BCaNO6. The summed E-state index contributed by atoms with van der Waals surface area (Å²) >= 11 is 0. The van der Waals surface area contributed by atoms with Crippen LogP contribution in [-0.4, -0.2) is 78.4 Å². The fraction of sp³-hybridized carbons (Fsp3) is 0.750. The van der Waals surface area contributed by atoms with E-state index in [9.17, 15) is 4.79 Å². The van der Waals surface area contributed by atoms with Gasteiger partial charge < -0.3 is 31.0 Å². The van der Waals surface area contributed by atoms with Crippen molar-refractivity contribution in [3.63, 3.8) is 0 Å². The second-order valence-corrected chi connectivity index (χ2v) is 1.91. The molecule has 0 aliphatic heterocycles. The van der Waals surface area contributed by atoms with Crippen molar-refractivity contribution in [3.05, 3.63) is 0 Å². The SMILES string of the molecule is CC(O)C(N)C(=O)O.[Ca+2].[O-]B([O-])O. The summed E-state index contributed by atoms with van der Waals surface area (Å²) in [6.07, 6.45) is -0.979. The summed E-state index contributed by atoms with van der Waals surface area (Å²) in [5.41, 5.74) is 4.91. The van der Waals surface area contributed by atoms with E-state index >= 15 is 0 Å². The number of carbonyl (C=O) groups is 1. The van der Waals surface area contributed by atoms with E-state index in [2.05, 4.69) is 0 Å².